The molecule has 0 radical (unpaired) electrons. The standard InChI is InChI=1S/C35H66BN5O4/c1-7-8-9-10-11-12-13-14-15-16-17-20-31(42)40-27(19-18-21-39-33(37)38)32(43)41-30(22-25(2)3)36-44-29-24-26-23-28(34(26,4)5)35(29,6)45-36/h25-30H,7-24H2,1-6H3,(H,40,42)(H,41,43)(H4,37,38,39)/t26-,27-,28-,29+,30-,35-/m0/s1. The van der Waals surface area contributed by atoms with Crippen LogP contribution in [-0.4, -0.2) is 55.1 Å². The van der Waals surface area contributed by atoms with Crippen LogP contribution in [0.15, 0.2) is 4.99 Å². The number of carbonyl (C=O) groups is 2. The molecule has 1 saturated heterocycles. The van der Waals surface area contributed by atoms with Gasteiger partial charge in [0.15, 0.2) is 5.96 Å². The summed E-state index contributed by atoms with van der Waals surface area (Å²) in [6.07, 6.45) is 18.0. The van der Waals surface area contributed by atoms with Gasteiger partial charge in [-0.1, -0.05) is 98.8 Å². The Hall–Kier alpha value is -1.81. The highest BCUT2D eigenvalue weighted by Gasteiger charge is 2.68. The fourth-order valence-corrected chi connectivity index (χ4v) is 8.09. The molecule has 4 aliphatic rings. The van der Waals surface area contributed by atoms with Crippen molar-refractivity contribution >= 4 is 24.9 Å². The van der Waals surface area contributed by atoms with E-state index in [0.717, 1.165) is 32.1 Å². The molecule has 10 heteroatoms. The molecule has 258 valence electrons. The molecule has 45 heavy (non-hydrogen) atoms. The van der Waals surface area contributed by atoms with E-state index in [0.29, 0.717) is 43.6 Å². The number of hydrogen-bond donors (Lipinski definition) is 4. The Kier molecular flexibility index (Phi) is 15.0. The van der Waals surface area contributed by atoms with Crippen LogP contribution >= 0.6 is 0 Å². The van der Waals surface area contributed by atoms with E-state index in [1.54, 1.807) is 0 Å². The van der Waals surface area contributed by atoms with Crippen molar-refractivity contribution in [3.05, 3.63) is 0 Å². The zero-order chi connectivity index (χ0) is 33.0. The summed E-state index contributed by atoms with van der Waals surface area (Å²) in [6.45, 7) is 13.9. The molecule has 0 spiro atoms. The normalized spacial score (nSPS) is 26.1. The van der Waals surface area contributed by atoms with Crippen LogP contribution < -0.4 is 22.1 Å². The van der Waals surface area contributed by atoms with Gasteiger partial charge >= 0.3 is 7.12 Å². The summed E-state index contributed by atoms with van der Waals surface area (Å²) in [6, 6.07) is -0.667. The van der Waals surface area contributed by atoms with Crippen LogP contribution in [-0.2, 0) is 18.9 Å². The topological polar surface area (TPSA) is 141 Å². The molecule has 3 aliphatic carbocycles. The van der Waals surface area contributed by atoms with E-state index < -0.39 is 13.2 Å². The van der Waals surface area contributed by atoms with E-state index in [9.17, 15) is 9.59 Å². The van der Waals surface area contributed by atoms with Gasteiger partial charge in [-0.15, -0.1) is 0 Å². The monoisotopic (exact) mass is 632 g/mol. The number of nitrogens with zero attached hydrogens (tertiary/aromatic N) is 1. The molecular weight excluding hydrogens is 565 g/mol. The first-order valence-corrected chi connectivity index (χ1v) is 18.4. The molecule has 0 aromatic carbocycles. The van der Waals surface area contributed by atoms with Crippen LogP contribution in [0.1, 0.15) is 151 Å². The third-order valence-corrected chi connectivity index (χ3v) is 11.0. The Morgan fingerprint density at radius 1 is 0.911 bits per heavy atom. The zero-order valence-corrected chi connectivity index (χ0v) is 29.5. The van der Waals surface area contributed by atoms with Crippen molar-refractivity contribution in [2.75, 3.05) is 6.54 Å². The fourth-order valence-electron chi connectivity index (χ4n) is 8.09. The number of nitrogens with one attached hydrogen (secondary N) is 2. The summed E-state index contributed by atoms with van der Waals surface area (Å²) in [5.41, 5.74) is 10.9. The lowest BCUT2D eigenvalue weighted by Gasteiger charge is -2.64. The molecule has 1 heterocycles. The third-order valence-electron chi connectivity index (χ3n) is 11.0. The van der Waals surface area contributed by atoms with Gasteiger partial charge in [0.05, 0.1) is 17.6 Å². The Balaban J connectivity index is 1.51. The highest BCUT2D eigenvalue weighted by Crippen LogP contribution is 2.65. The lowest BCUT2D eigenvalue weighted by molar-refractivity contribution is -0.199. The van der Waals surface area contributed by atoms with Gasteiger partial charge in [-0.3, -0.25) is 14.6 Å². The molecule has 0 aromatic heterocycles. The number of carbonyl (C=O) groups excluding carboxylic acids is 2. The van der Waals surface area contributed by atoms with Gasteiger partial charge in [-0.25, -0.2) is 0 Å². The minimum Gasteiger partial charge on any atom is -0.404 e. The van der Waals surface area contributed by atoms with Crippen LogP contribution in [0.25, 0.3) is 0 Å². The van der Waals surface area contributed by atoms with Crippen molar-refractivity contribution in [3.63, 3.8) is 0 Å². The van der Waals surface area contributed by atoms with Crippen LogP contribution in [0.5, 0.6) is 0 Å². The largest absolute Gasteiger partial charge is 0.481 e. The highest BCUT2D eigenvalue weighted by atomic mass is 16.7. The molecule has 2 amide bonds. The Labute approximate surface area is 274 Å². The number of guanidine groups is 1. The molecular formula is C35H66BN5O4. The van der Waals surface area contributed by atoms with Gasteiger partial charge in [-0.2, -0.15) is 0 Å². The molecule has 4 fully saturated rings. The molecule has 6 atom stereocenters. The predicted octanol–water partition coefficient (Wildman–Crippen LogP) is 6.02. The van der Waals surface area contributed by atoms with E-state index in [-0.39, 0.29) is 40.8 Å². The van der Waals surface area contributed by atoms with Crippen LogP contribution in [0.3, 0.4) is 0 Å². The predicted molar refractivity (Wildman–Crippen MR) is 184 cm³/mol. The van der Waals surface area contributed by atoms with E-state index >= 15 is 0 Å². The van der Waals surface area contributed by atoms with Crippen molar-refractivity contribution in [2.45, 2.75) is 174 Å². The first-order valence-electron chi connectivity index (χ1n) is 18.4. The lowest BCUT2D eigenvalue weighted by Crippen LogP contribution is -2.65. The Morgan fingerprint density at radius 3 is 2.11 bits per heavy atom. The second-order valence-electron chi connectivity index (χ2n) is 15.4. The molecule has 2 bridgehead atoms. The number of aliphatic imine (C=N–C) groups is 1. The Morgan fingerprint density at radius 2 is 1.53 bits per heavy atom. The highest BCUT2D eigenvalue weighted by molar-refractivity contribution is 6.48. The second-order valence-corrected chi connectivity index (χ2v) is 15.4. The number of rotatable bonds is 22. The van der Waals surface area contributed by atoms with Gasteiger partial charge in [0.25, 0.3) is 0 Å². The molecule has 6 N–H and O–H groups in total. The average Bonchev–Trinajstić information content (AvgIpc) is 3.34. The maximum absolute atomic E-state index is 13.8. The molecule has 4 rings (SSSR count). The summed E-state index contributed by atoms with van der Waals surface area (Å²) in [5.74, 6) is 0.887. The van der Waals surface area contributed by atoms with Crippen LogP contribution in [0.2, 0.25) is 0 Å². The summed E-state index contributed by atoms with van der Waals surface area (Å²) < 4.78 is 13.3. The average molecular weight is 632 g/mol. The summed E-state index contributed by atoms with van der Waals surface area (Å²) in [4.78, 5) is 30.8. The minimum absolute atomic E-state index is 0.0279. The van der Waals surface area contributed by atoms with Crippen molar-refractivity contribution in [1.82, 2.24) is 10.6 Å². The van der Waals surface area contributed by atoms with E-state index in [2.05, 4.69) is 57.2 Å². The maximum atomic E-state index is 13.8. The molecule has 0 aromatic rings. The van der Waals surface area contributed by atoms with E-state index in [4.69, 9.17) is 20.8 Å². The van der Waals surface area contributed by atoms with Gasteiger partial charge in [0.2, 0.25) is 11.8 Å². The first-order chi connectivity index (χ1) is 21.4. The van der Waals surface area contributed by atoms with Gasteiger partial charge in [0, 0.05) is 13.0 Å². The maximum Gasteiger partial charge on any atom is 0.481 e. The number of amides is 2. The van der Waals surface area contributed by atoms with Gasteiger partial charge < -0.3 is 31.4 Å². The number of hydrogen-bond acceptors (Lipinski definition) is 5. The van der Waals surface area contributed by atoms with Gasteiger partial charge in [-0.05, 0) is 68.6 Å². The van der Waals surface area contributed by atoms with Gasteiger partial charge in [0.1, 0.15) is 6.04 Å². The first kappa shape index (κ1) is 37.7. The minimum atomic E-state index is -0.667. The lowest BCUT2D eigenvalue weighted by atomic mass is 9.43. The van der Waals surface area contributed by atoms with Crippen LogP contribution in [0.4, 0.5) is 0 Å². The second kappa shape index (κ2) is 17.9. The summed E-state index contributed by atoms with van der Waals surface area (Å²) in [7, 11) is -0.504. The SMILES string of the molecule is CCCCCCCCCCCCCC(=O)N[C@@H](CCCN=C(N)N)C(=O)N[C@@H](CC(C)C)B1O[C@@H]2C[C@@H]3C[C@@H](C3(C)C)[C@]2(C)O1. The van der Waals surface area contributed by atoms with E-state index in [1.165, 1.54) is 57.8 Å². The fraction of sp³-hybridized carbons (Fsp3) is 0.914. The number of unbranched alkanes of at least 4 members (excludes halogenated alkanes) is 10. The smallest absolute Gasteiger partial charge is 0.404 e. The Bertz CT molecular complexity index is 958. The van der Waals surface area contributed by atoms with Crippen molar-refractivity contribution < 1.29 is 18.9 Å². The van der Waals surface area contributed by atoms with Crippen molar-refractivity contribution in [3.8, 4) is 0 Å². The third kappa shape index (κ3) is 10.9. The van der Waals surface area contributed by atoms with Crippen molar-refractivity contribution in [1.29, 1.82) is 0 Å². The number of nitrogens with two attached hydrogens (primary N) is 2. The molecule has 1 aliphatic heterocycles. The molecule has 0 unspecified atom stereocenters. The van der Waals surface area contributed by atoms with Crippen molar-refractivity contribution in [2.24, 2.45) is 39.6 Å². The quantitative estimate of drug-likeness (QED) is 0.0498. The van der Waals surface area contributed by atoms with E-state index in [1.807, 2.05) is 0 Å². The molecule has 3 saturated carbocycles. The molecule has 9 nitrogen and oxygen atoms in total. The summed E-state index contributed by atoms with van der Waals surface area (Å²) >= 11 is 0. The zero-order valence-electron chi connectivity index (χ0n) is 29.5. The summed E-state index contributed by atoms with van der Waals surface area (Å²) in [5, 5.41) is 6.27. The van der Waals surface area contributed by atoms with Crippen LogP contribution in [0, 0.1) is 23.2 Å².